The number of ether oxygens (including phenoxy) is 1. The number of aliphatic hydroxyl groups excluding tert-OH is 1. The molecule has 2 aromatic rings. The van der Waals surface area contributed by atoms with Crippen molar-refractivity contribution in [2.45, 2.75) is 19.6 Å². The van der Waals surface area contributed by atoms with Gasteiger partial charge in [0.25, 0.3) is 0 Å². The van der Waals surface area contributed by atoms with Crippen molar-refractivity contribution in [3.05, 3.63) is 63.6 Å². The predicted octanol–water partition coefficient (Wildman–Crippen LogP) is 4.63. The number of rotatable bonds is 4. The van der Waals surface area contributed by atoms with Crippen molar-refractivity contribution in [1.82, 2.24) is 0 Å². The standard InChI is InChI=1S/C15H14Cl2O2/c1-10(12-4-2-11(9-18)3-5-12)19-13-6-7-14(16)15(17)8-13/h2-8,10,18H,9H2,1H3. The summed E-state index contributed by atoms with van der Waals surface area (Å²) in [5.74, 6) is 0.674. The first kappa shape index (κ1) is 14.2. The van der Waals surface area contributed by atoms with Crippen molar-refractivity contribution in [3.63, 3.8) is 0 Å². The summed E-state index contributed by atoms with van der Waals surface area (Å²) >= 11 is 11.8. The van der Waals surface area contributed by atoms with Gasteiger partial charge in [0.05, 0.1) is 16.7 Å². The largest absolute Gasteiger partial charge is 0.486 e. The fraction of sp³-hybridized carbons (Fsp3) is 0.200. The summed E-state index contributed by atoms with van der Waals surface area (Å²) in [5, 5.41) is 9.98. The van der Waals surface area contributed by atoms with E-state index in [4.69, 9.17) is 33.0 Å². The Morgan fingerprint density at radius 1 is 1.05 bits per heavy atom. The van der Waals surface area contributed by atoms with E-state index >= 15 is 0 Å². The summed E-state index contributed by atoms with van der Waals surface area (Å²) < 4.78 is 5.80. The van der Waals surface area contributed by atoms with Crippen molar-refractivity contribution >= 4 is 23.2 Å². The SMILES string of the molecule is CC(Oc1ccc(Cl)c(Cl)c1)c1ccc(CO)cc1. The highest BCUT2D eigenvalue weighted by molar-refractivity contribution is 6.42. The topological polar surface area (TPSA) is 29.5 Å². The first-order valence-electron chi connectivity index (χ1n) is 5.91. The second kappa shape index (κ2) is 6.29. The van der Waals surface area contributed by atoms with Crippen LogP contribution >= 0.6 is 23.2 Å². The summed E-state index contributed by atoms with van der Waals surface area (Å²) in [4.78, 5) is 0. The molecule has 2 aromatic carbocycles. The van der Waals surface area contributed by atoms with Crippen molar-refractivity contribution in [2.75, 3.05) is 0 Å². The molecule has 0 saturated heterocycles. The van der Waals surface area contributed by atoms with Crippen LogP contribution in [0.25, 0.3) is 0 Å². The normalized spacial score (nSPS) is 12.2. The molecule has 0 amide bonds. The van der Waals surface area contributed by atoms with Crippen LogP contribution in [0.3, 0.4) is 0 Å². The maximum Gasteiger partial charge on any atom is 0.121 e. The predicted molar refractivity (Wildman–Crippen MR) is 77.9 cm³/mol. The van der Waals surface area contributed by atoms with Crippen molar-refractivity contribution in [3.8, 4) is 5.75 Å². The molecule has 2 rings (SSSR count). The molecule has 0 saturated carbocycles. The first-order valence-corrected chi connectivity index (χ1v) is 6.67. The van der Waals surface area contributed by atoms with Gasteiger partial charge < -0.3 is 9.84 Å². The lowest BCUT2D eigenvalue weighted by atomic mass is 10.1. The molecule has 19 heavy (non-hydrogen) atoms. The second-order valence-corrected chi connectivity index (χ2v) is 5.05. The minimum absolute atomic E-state index is 0.0440. The highest BCUT2D eigenvalue weighted by Crippen LogP contribution is 2.29. The van der Waals surface area contributed by atoms with Crippen molar-refractivity contribution < 1.29 is 9.84 Å². The van der Waals surface area contributed by atoms with Crippen LogP contribution < -0.4 is 4.74 Å². The van der Waals surface area contributed by atoms with Crippen LogP contribution in [0.4, 0.5) is 0 Å². The molecule has 1 atom stereocenters. The molecule has 0 fully saturated rings. The Hall–Kier alpha value is -1.22. The van der Waals surface area contributed by atoms with E-state index < -0.39 is 0 Å². The third kappa shape index (κ3) is 3.63. The van der Waals surface area contributed by atoms with Gasteiger partial charge in [0.15, 0.2) is 0 Å². The summed E-state index contributed by atoms with van der Waals surface area (Å²) in [6.07, 6.45) is -0.106. The maximum absolute atomic E-state index is 9.00. The van der Waals surface area contributed by atoms with Crippen molar-refractivity contribution in [2.24, 2.45) is 0 Å². The molecule has 0 aliphatic heterocycles. The molecule has 0 spiro atoms. The minimum atomic E-state index is -0.106. The summed E-state index contributed by atoms with van der Waals surface area (Å²) in [6.45, 7) is 2.00. The van der Waals surface area contributed by atoms with Crippen LogP contribution in [0.1, 0.15) is 24.2 Å². The van der Waals surface area contributed by atoms with Gasteiger partial charge in [-0.3, -0.25) is 0 Å². The lowest BCUT2D eigenvalue weighted by Crippen LogP contribution is -2.03. The molecular formula is C15H14Cl2O2. The number of hydrogen-bond donors (Lipinski definition) is 1. The Balaban J connectivity index is 2.10. The number of hydrogen-bond acceptors (Lipinski definition) is 2. The maximum atomic E-state index is 9.00. The van der Waals surface area contributed by atoms with E-state index in [2.05, 4.69) is 0 Å². The van der Waals surface area contributed by atoms with Gasteiger partial charge in [-0.15, -0.1) is 0 Å². The molecule has 0 aliphatic carbocycles. The lowest BCUT2D eigenvalue weighted by Gasteiger charge is -2.15. The molecule has 0 aliphatic rings. The smallest absolute Gasteiger partial charge is 0.121 e. The quantitative estimate of drug-likeness (QED) is 0.891. The van der Waals surface area contributed by atoms with E-state index in [-0.39, 0.29) is 12.7 Å². The highest BCUT2D eigenvalue weighted by atomic mass is 35.5. The van der Waals surface area contributed by atoms with Gasteiger partial charge in [0, 0.05) is 6.07 Å². The number of benzene rings is 2. The van der Waals surface area contributed by atoms with Crippen LogP contribution in [-0.4, -0.2) is 5.11 Å². The van der Waals surface area contributed by atoms with Gasteiger partial charge in [0.1, 0.15) is 11.9 Å². The average molecular weight is 297 g/mol. The van der Waals surface area contributed by atoms with Gasteiger partial charge in [0.2, 0.25) is 0 Å². The van der Waals surface area contributed by atoms with Gasteiger partial charge in [-0.25, -0.2) is 0 Å². The van der Waals surface area contributed by atoms with Crippen LogP contribution in [0.5, 0.6) is 5.75 Å². The number of halogens is 2. The third-order valence-electron chi connectivity index (χ3n) is 2.84. The minimum Gasteiger partial charge on any atom is -0.486 e. The van der Waals surface area contributed by atoms with Crippen LogP contribution in [0.15, 0.2) is 42.5 Å². The van der Waals surface area contributed by atoms with Crippen molar-refractivity contribution in [1.29, 1.82) is 0 Å². The lowest BCUT2D eigenvalue weighted by molar-refractivity contribution is 0.226. The fourth-order valence-electron chi connectivity index (χ4n) is 1.72. The molecule has 1 unspecified atom stereocenters. The average Bonchev–Trinajstić information content (AvgIpc) is 2.43. The van der Waals surface area contributed by atoms with E-state index in [1.54, 1.807) is 18.2 Å². The molecule has 0 aromatic heterocycles. The Morgan fingerprint density at radius 3 is 2.32 bits per heavy atom. The fourth-order valence-corrected chi connectivity index (χ4v) is 2.00. The highest BCUT2D eigenvalue weighted by Gasteiger charge is 2.08. The zero-order valence-corrected chi connectivity index (χ0v) is 11.9. The monoisotopic (exact) mass is 296 g/mol. The number of aliphatic hydroxyl groups is 1. The van der Waals surface area contributed by atoms with E-state index in [1.807, 2.05) is 31.2 Å². The first-order chi connectivity index (χ1) is 9.10. The molecule has 0 bridgehead atoms. The molecule has 4 heteroatoms. The molecule has 1 N–H and O–H groups in total. The Labute approximate surface area is 122 Å². The Morgan fingerprint density at radius 2 is 1.74 bits per heavy atom. The Bertz CT molecular complexity index is 553. The van der Waals surface area contributed by atoms with E-state index in [0.29, 0.717) is 15.8 Å². The zero-order valence-electron chi connectivity index (χ0n) is 10.4. The van der Waals surface area contributed by atoms with Crippen LogP contribution in [0.2, 0.25) is 10.0 Å². The van der Waals surface area contributed by atoms with E-state index in [0.717, 1.165) is 11.1 Å². The summed E-state index contributed by atoms with van der Waals surface area (Å²) in [5.41, 5.74) is 1.91. The van der Waals surface area contributed by atoms with Gasteiger partial charge in [-0.2, -0.15) is 0 Å². The third-order valence-corrected chi connectivity index (χ3v) is 3.57. The van der Waals surface area contributed by atoms with Crippen LogP contribution in [-0.2, 0) is 6.61 Å². The second-order valence-electron chi connectivity index (χ2n) is 4.24. The van der Waals surface area contributed by atoms with Gasteiger partial charge >= 0.3 is 0 Å². The van der Waals surface area contributed by atoms with Gasteiger partial charge in [-0.1, -0.05) is 47.5 Å². The van der Waals surface area contributed by atoms with Crippen LogP contribution in [0, 0.1) is 0 Å². The van der Waals surface area contributed by atoms with E-state index in [1.165, 1.54) is 0 Å². The summed E-state index contributed by atoms with van der Waals surface area (Å²) in [7, 11) is 0. The molecular weight excluding hydrogens is 283 g/mol. The zero-order chi connectivity index (χ0) is 13.8. The summed E-state index contributed by atoms with van der Waals surface area (Å²) in [6, 6.07) is 12.8. The Kier molecular flexibility index (Phi) is 4.70. The molecule has 0 heterocycles. The van der Waals surface area contributed by atoms with Gasteiger partial charge in [-0.05, 0) is 30.2 Å². The molecule has 2 nitrogen and oxygen atoms in total. The molecule has 0 radical (unpaired) electrons. The van der Waals surface area contributed by atoms with E-state index in [9.17, 15) is 0 Å². The molecule has 100 valence electrons.